The van der Waals surface area contributed by atoms with E-state index in [1.54, 1.807) is 24.3 Å². The molecular formula is C18H20FNO3. The first-order valence-corrected chi connectivity index (χ1v) is 7.84. The van der Waals surface area contributed by atoms with E-state index in [1.165, 1.54) is 12.1 Å². The molecule has 1 heterocycles. The van der Waals surface area contributed by atoms with Crippen LogP contribution < -0.4 is 4.74 Å². The first kappa shape index (κ1) is 15.6. The molecule has 1 fully saturated rings. The fourth-order valence-electron chi connectivity index (χ4n) is 2.56. The van der Waals surface area contributed by atoms with Crippen LogP contribution in [-0.2, 0) is 6.61 Å². The summed E-state index contributed by atoms with van der Waals surface area (Å²) < 4.78 is 24.0. The Kier molecular flexibility index (Phi) is 4.37. The molecule has 0 unspecified atom stereocenters. The fraction of sp³-hybridized carbons (Fsp3) is 0.389. The number of furan rings is 1. The lowest BCUT2D eigenvalue weighted by molar-refractivity contribution is 0.0653. The second-order valence-electron chi connectivity index (χ2n) is 6.05. The van der Waals surface area contributed by atoms with Crippen molar-refractivity contribution in [1.29, 1.82) is 0 Å². The molecule has 0 aliphatic heterocycles. The van der Waals surface area contributed by atoms with Crippen molar-refractivity contribution < 1.29 is 18.3 Å². The number of carbonyl (C=O) groups is 1. The molecule has 1 aromatic carbocycles. The van der Waals surface area contributed by atoms with E-state index in [-0.39, 0.29) is 24.4 Å². The van der Waals surface area contributed by atoms with E-state index in [0.717, 1.165) is 12.8 Å². The Hall–Kier alpha value is -2.30. The molecule has 1 aliphatic carbocycles. The molecule has 0 saturated heterocycles. The second-order valence-corrected chi connectivity index (χ2v) is 6.05. The minimum absolute atomic E-state index is 0.0736. The first-order valence-electron chi connectivity index (χ1n) is 7.84. The van der Waals surface area contributed by atoms with E-state index < -0.39 is 0 Å². The highest BCUT2D eigenvalue weighted by Crippen LogP contribution is 2.30. The number of carbonyl (C=O) groups excluding carboxylic acids is 1. The molecule has 0 bridgehead atoms. The predicted octanol–water partition coefficient (Wildman–Crippen LogP) is 4.01. The van der Waals surface area contributed by atoms with Crippen LogP contribution in [0.15, 0.2) is 40.8 Å². The SMILES string of the molecule is CC(C)N(C(=O)c1ccc(COc2ccc(F)cc2)o1)C1CC1. The van der Waals surface area contributed by atoms with E-state index in [4.69, 9.17) is 9.15 Å². The summed E-state index contributed by atoms with van der Waals surface area (Å²) in [5, 5.41) is 0. The van der Waals surface area contributed by atoms with Crippen molar-refractivity contribution in [2.45, 2.75) is 45.4 Å². The largest absolute Gasteiger partial charge is 0.486 e. The average Bonchev–Trinajstić information content (AvgIpc) is 3.23. The Labute approximate surface area is 134 Å². The van der Waals surface area contributed by atoms with Gasteiger partial charge in [0.25, 0.3) is 5.91 Å². The van der Waals surface area contributed by atoms with Crippen molar-refractivity contribution >= 4 is 5.91 Å². The van der Waals surface area contributed by atoms with E-state index in [9.17, 15) is 9.18 Å². The second kappa shape index (κ2) is 6.44. The molecule has 0 N–H and O–H groups in total. The van der Waals surface area contributed by atoms with Gasteiger partial charge in [0.1, 0.15) is 23.9 Å². The zero-order valence-corrected chi connectivity index (χ0v) is 13.3. The topological polar surface area (TPSA) is 42.7 Å². The third-order valence-electron chi connectivity index (χ3n) is 3.80. The smallest absolute Gasteiger partial charge is 0.290 e. The number of ether oxygens (including phenoxy) is 1. The molecule has 5 heteroatoms. The molecule has 4 nitrogen and oxygen atoms in total. The van der Waals surface area contributed by atoms with Gasteiger partial charge in [-0.15, -0.1) is 0 Å². The van der Waals surface area contributed by atoms with Crippen molar-refractivity contribution in [1.82, 2.24) is 4.90 Å². The molecule has 0 atom stereocenters. The van der Waals surface area contributed by atoms with Gasteiger partial charge in [-0.2, -0.15) is 0 Å². The highest BCUT2D eigenvalue weighted by Gasteiger charge is 2.35. The summed E-state index contributed by atoms with van der Waals surface area (Å²) in [6.45, 7) is 4.22. The number of amides is 1. The fourth-order valence-corrected chi connectivity index (χ4v) is 2.56. The molecular weight excluding hydrogens is 297 g/mol. The monoisotopic (exact) mass is 317 g/mol. The van der Waals surface area contributed by atoms with Crippen molar-refractivity contribution in [3.63, 3.8) is 0 Å². The minimum Gasteiger partial charge on any atom is -0.486 e. The zero-order chi connectivity index (χ0) is 16.4. The molecule has 1 amide bonds. The summed E-state index contributed by atoms with van der Waals surface area (Å²) >= 11 is 0. The number of halogens is 1. The van der Waals surface area contributed by atoms with Crippen LogP contribution in [0.4, 0.5) is 4.39 Å². The van der Waals surface area contributed by atoms with Crippen LogP contribution in [0.3, 0.4) is 0 Å². The number of rotatable bonds is 6. The number of hydrogen-bond donors (Lipinski definition) is 0. The summed E-state index contributed by atoms with van der Waals surface area (Å²) in [5.74, 6) is 1.07. The van der Waals surface area contributed by atoms with E-state index in [2.05, 4.69) is 0 Å². The maximum atomic E-state index is 12.8. The van der Waals surface area contributed by atoms with Gasteiger partial charge in [0.05, 0.1) is 0 Å². The maximum Gasteiger partial charge on any atom is 0.290 e. The van der Waals surface area contributed by atoms with Gasteiger partial charge in [0.2, 0.25) is 0 Å². The molecule has 0 radical (unpaired) electrons. The molecule has 23 heavy (non-hydrogen) atoms. The highest BCUT2D eigenvalue weighted by molar-refractivity contribution is 5.92. The van der Waals surface area contributed by atoms with Crippen LogP contribution in [0.1, 0.15) is 43.0 Å². The van der Waals surface area contributed by atoms with E-state index >= 15 is 0 Å². The Morgan fingerprint density at radius 2 is 1.96 bits per heavy atom. The summed E-state index contributed by atoms with van der Waals surface area (Å²) in [7, 11) is 0. The molecule has 1 aliphatic rings. The maximum absolute atomic E-state index is 12.8. The minimum atomic E-state index is -0.308. The third-order valence-corrected chi connectivity index (χ3v) is 3.80. The van der Waals surface area contributed by atoms with Gasteiger partial charge in [-0.25, -0.2) is 4.39 Å². The molecule has 122 valence electrons. The molecule has 1 aromatic heterocycles. The van der Waals surface area contributed by atoms with Crippen LogP contribution in [0.2, 0.25) is 0 Å². The Bertz CT molecular complexity index is 672. The normalized spacial score (nSPS) is 14.1. The van der Waals surface area contributed by atoms with Gasteiger partial charge < -0.3 is 14.1 Å². The highest BCUT2D eigenvalue weighted by atomic mass is 19.1. The molecule has 1 saturated carbocycles. The van der Waals surface area contributed by atoms with Crippen LogP contribution in [0.25, 0.3) is 0 Å². The molecule has 3 rings (SSSR count). The molecule has 2 aromatic rings. The lowest BCUT2D eigenvalue weighted by Crippen LogP contribution is -2.38. The van der Waals surface area contributed by atoms with Crippen molar-refractivity contribution in [3.05, 3.63) is 53.7 Å². The Balaban J connectivity index is 1.63. The zero-order valence-electron chi connectivity index (χ0n) is 13.3. The number of nitrogens with zero attached hydrogens (tertiary/aromatic N) is 1. The average molecular weight is 317 g/mol. The number of benzene rings is 1. The lowest BCUT2D eigenvalue weighted by atomic mass is 10.2. The summed E-state index contributed by atoms with van der Waals surface area (Å²) in [6, 6.07) is 9.69. The summed E-state index contributed by atoms with van der Waals surface area (Å²) in [6.07, 6.45) is 2.12. The third kappa shape index (κ3) is 3.73. The van der Waals surface area contributed by atoms with Gasteiger partial charge in [0, 0.05) is 12.1 Å². The van der Waals surface area contributed by atoms with E-state index in [0.29, 0.717) is 23.3 Å². The van der Waals surface area contributed by atoms with Crippen LogP contribution in [0.5, 0.6) is 5.75 Å². The van der Waals surface area contributed by atoms with Gasteiger partial charge in [-0.3, -0.25) is 4.79 Å². The predicted molar refractivity (Wildman–Crippen MR) is 83.8 cm³/mol. The van der Waals surface area contributed by atoms with Gasteiger partial charge in [0.15, 0.2) is 5.76 Å². The van der Waals surface area contributed by atoms with Gasteiger partial charge >= 0.3 is 0 Å². The Morgan fingerprint density at radius 1 is 1.26 bits per heavy atom. The van der Waals surface area contributed by atoms with Crippen LogP contribution in [-0.4, -0.2) is 22.9 Å². The lowest BCUT2D eigenvalue weighted by Gasteiger charge is -2.25. The first-order chi connectivity index (χ1) is 11.0. The number of hydrogen-bond acceptors (Lipinski definition) is 3. The Morgan fingerprint density at radius 3 is 2.57 bits per heavy atom. The van der Waals surface area contributed by atoms with Crippen LogP contribution in [0, 0.1) is 5.82 Å². The molecule has 0 spiro atoms. The van der Waals surface area contributed by atoms with Crippen molar-refractivity contribution in [3.8, 4) is 5.75 Å². The van der Waals surface area contributed by atoms with Crippen molar-refractivity contribution in [2.24, 2.45) is 0 Å². The van der Waals surface area contributed by atoms with Crippen LogP contribution >= 0.6 is 0 Å². The standard InChI is InChI=1S/C18H20FNO3/c1-12(2)20(14-5-6-14)18(21)17-10-9-16(23-17)11-22-15-7-3-13(19)4-8-15/h3-4,7-10,12,14H,5-6,11H2,1-2H3. The summed E-state index contributed by atoms with van der Waals surface area (Å²) in [4.78, 5) is 14.4. The van der Waals surface area contributed by atoms with Gasteiger partial charge in [-0.05, 0) is 63.1 Å². The van der Waals surface area contributed by atoms with Crippen molar-refractivity contribution in [2.75, 3.05) is 0 Å². The quantitative estimate of drug-likeness (QED) is 0.808. The van der Waals surface area contributed by atoms with E-state index in [1.807, 2.05) is 18.7 Å². The summed E-state index contributed by atoms with van der Waals surface area (Å²) in [5.41, 5.74) is 0. The van der Waals surface area contributed by atoms with Gasteiger partial charge in [-0.1, -0.05) is 0 Å².